The average molecular weight is 266 g/mol. The summed E-state index contributed by atoms with van der Waals surface area (Å²) in [5.41, 5.74) is 1.85. The van der Waals surface area contributed by atoms with Crippen LogP contribution in [0.15, 0.2) is 52.7 Å². The number of nitriles is 1. The van der Waals surface area contributed by atoms with Gasteiger partial charge in [0, 0.05) is 11.8 Å². The average Bonchev–Trinajstić information content (AvgIpc) is 2.98. The molecule has 0 fully saturated rings. The molecule has 1 aromatic carbocycles. The van der Waals surface area contributed by atoms with E-state index in [9.17, 15) is 4.79 Å². The van der Waals surface area contributed by atoms with Gasteiger partial charge in [0.1, 0.15) is 17.4 Å². The Morgan fingerprint density at radius 2 is 2.10 bits per heavy atom. The molecule has 100 valence electrons. The Kier molecular flexibility index (Phi) is 4.35. The third-order valence-electron chi connectivity index (χ3n) is 2.81. The van der Waals surface area contributed by atoms with E-state index in [0.29, 0.717) is 11.4 Å². The Morgan fingerprint density at radius 3 is 2.65 bits per heavy atom. The molecule has 0 bridgehead atoms. The number of carbonyl (C=O) groups is 1. The quantitative estimate of drug-likeness (QED) is 0.681. The van der Waals surface area contributed by atoms with Crippen LogP contribution >= 0.6 is 0 Å². The SMILES string of the molecule is CCc1ccc(NC(=O)/C(C#N)=C/c2ccco2)cc1. The number of hydrogen-bond donors (Lipinski definition) is 1. The van der Waals surface area contributed by atoms with E-state index in [-0.39, 0.29) is 5.57 Å². The van der Waals surface area contributed by atoms with Gasteiger partial charge in [-0.2, -0.15) is 5.26 Å². The first-order chi connectivity index (χ1) is 9.72. The minimum absolute atomic E-state index is 0.000446. The van der Waals surface area contributed by atoms with Crippen molar-refractivity contribution in [3.8, 4) is 6.07 Å². The van der Waals surface area contributed by atoms with Gasteiger partial charge in [0.15, 0.2) is 0 Å². The highest BCUT2D eigenvalue weighted by molar-refractivity contribution is 6.09. The molecule has 4 nitrogen and oxygen atoms in total. The monoisotopic (exact) mass is 266 g/mol. The summed E-state index contributed by atoms with van der Waals surface area (Å²) in [5, 5.41) is 11.7. The van der Waals surface area contributed by atoms with Crippen LogP contribution in [0.2, 0.25) is 0 Å². The highest BCUT2D eigenvalue weighted by Crippen LogP contribution is 2.13. The molecular weight excluding hydrogens is 252 g/mol. The van der Waals surface area contributed by atoms with Crippen LogP contribution < -0.4 is 5.32 Å². The van der Waals surface area contributed by atoms with Gasteiger partial charge in [-0.15, -0.1) is 0 Å². The second-order valence-electron chi connectivity index (χ2n) is 4.19. The molecule has 1 heterocycles. The molecule has 1 aromatic heterocycles. The molecule has 2 rings (SSSR count). The summed E-state index contributed by atoms with van der Waals surface area (Å²) in [5.74, 6) is 0.0196. The largest absolute Gasteiger partial charge is 0.465 e. The summed E-state index contributed by atoms with van der Waals surface area (Å²) in [6, 6.07) is 12.8. The minimum Gasteiger partial charge on any atom is -0.465 e. The van der Waals surface area contributed by atoms with E-state index >= 15 is 0 Å². The van der Waals surface area contributed by atoms with Gasteiger partial charge in [0.25, 0.3) is 5.91 Å². The number of nitrogens with zero attached hydrogens (tertiary/aromatic N) is 1. The number of nitrogens with one attached hydrogen (secondary N) is 1. The maximum Gasteiger partial charge on any atom is 0.266 e. The third kappa shape index (κ3) is 3.36. The standard InChI is InChI=1S/C16H14N2O2/c1-2-12-5-7-14(8-6-12)18-16(19)13(11-17)10-15-4-3-9-20-15/h3-10H,2H2,1H3,(H,18,19)/b13-10+. The van der Waals surface area contributed by atoms with Gasteiger partial charge in [-0.3, -0.25) is 4.79 Å². The highest BCUT2D eigenvalue weighted by atomic mass is 16.3. The number of hydrogen-bond acceptors (Lipinski definition) is 3. The number of furan rings is 1. The van der Waals surface area contributed by atoms with Crippen molar-refractivity contribution in [1.29, 1.82) is 5.26 Å². The lowest BCUT2D eigenvalue weighted by molar-refractivity contribution is -0.112. The van der Waals surface area contributed by atoms with Gasteiger partial charge in [0.2, 0.25) is 0 Å². The van der Waals surface area contributed by atoms with Crippen LogP contribution in [0.1, 0.15) is 18.2 Å². The number of carbonyl (C=O) groups excluding carboxylic acids is 1. The Morgan fingerprint density at radius 1 is 1.35 bits per heavy atom. The summed E-state index contributed by atoms with van der Waals surface area (Å²) in [4.78, 5) is 12.0. The van der Waals surface area contributed by atoms with Crippen molar-refractivity contribution in [2.45, 2.75) is 13.3 Å². The molecule has 0 aliphatic heterocycles. The Hall–Kier alpha value is -2.80. The van der Waals surface area contributed by atoms with Crippen molar-refractivity contribution in [2.75, 3.05) is 5.32 Å². The smallest absolute Gasteiger partial charge is 0.266 e. The van der Waals surface area contributed by atoms with Gasteiger partial charge in [-0.25, -0.2) is 0 Å². The number of anilines is 1. The lowest BCUT2D eigenvalue weighted by atomic mass is 10.1. The molecule has 0 saturated heterocycles. The molecular formula is C16H14N2O2. The number of aryl methyl sites for hydroxylation is 1. The van der Waals surface area contributed by atoms with Crippen LogP contribution in [0, 0.1) is 11.3 Å². The summed E-state index contributed by atoms with van der Waals surface area (Å²) in [7, 11) is 0. The fraction of sp³-hybridized carbons (Fsp3) is 0.125. The van der Waals surface area contributed by atoms with Gasteiger partial charge in [-0.1, -0.05) is 19.1 Å². The maximum atomic E-state index is 12.0. The van der Waals surface area contributed by atoms with Crippen molar-refractivity contribution < 1.29 is 9.21 Å². The second-order valence-corrected chi connectivity index (χ2v) is 4.19. The summed E-state index contributed by atoms with van der Waals surface area (Å²) in [6.07, 6.45) is 3.84. The van der Waals surface area contributed by atoms with Gasteiger partial charge in [0.05, 0.1) is 6.26 Å². The van der Waals surface area contributed by atoms with Crippen LogP contribution in [0.5, 0.6) is 0 Å². The topological polar surface area (TPSA) is 66.0 Å². The first-order valence-corrected chi connectivity index (χ1v) is 6.28. The third-order valence-corrected chi connectivity index (χ3v) is 2.81. The zero-order valence-electron chi connectivity index (χ0n) is 11.1. The molecule has 2 aromatic rings. The molecule has 0 aliphatic rings. The van der Waals surface area contributed by atoms with Crippen molar-refractivity contribution in [1.82, 2.24) is 0 Å². The summed E-state index contributed by atoms with van der Waals surface area (Å²) in [6.45, 7) is 2.06. The van der Waals surface area contributed by atoms with E-state index in [0.717, 1.165) is 6.42 Å². The lowest BCUT2D eigenvalue weighted by Crippen LogP contribution is -2.13. The summed E-state index contributed by atoms with van der Waals surface area (Å²) < 4.78 is 5.09. The van der Waals surface area contributed by atoms with Crippen molar-refractivity contribution in [3.63, 3.8) is 0 Å². The Bertz CT molecular complexity index is 647. The van der Waals surface area contributed by atoms with Crippen LogP contribution in [-0.4, -0.2) is 5.91 Å². The molecule has 1 amide bonds. The van der Waals surface area contributed by atoms with E-state index in [1.165, 1.54) is 17.9 Å². The van der Waals surface area contributed by atoms with Crippen LogP contribution in [0.25, 0.3) is 6.08 Å². The van der Waals surface area contributed by atoms with Crippen LogP contribution in [0.3, 0.4) is 0 Å². The zero-order valence-corrected chi connectivity index (χ0v) is 11.1. The summed E-state index contributed by atoms with van der Waals surface area (Å²) >= 11 is 0. The predicted octanol–water partition coefficient (Wildman–Crippen LogP) is 3.39. The Balaban J connectivity index is 2.11. The van der Waals surface area contributed by atoms with Crippen LogP contribution in [-0.2, 0) is 11.2 Å². The second kappa shape index (κ2) is 6.39. The fourth-order valence-corrected chi connectivity index (χ4v) is 1.69. The normalized spacial score (nSPS) is 10.9. The number of rotatable bonds is 4. The van der Waals surface area contributed by atoms with E-state index in [2.05, 4.69) is 12.2 Å². The van der Waals surface area contributed by atoms with Crippen molar-refractivity contribution in [2.24, 2.45) is 0 Å². The van der Waals surface area contributed by atoms with E-state index in [4.69, 9.17) is 9.68 Å². The number of benzene rings is 1. The minimum atomic E-state index is -0.451. The molecule has 20 heavy (non-hydrogen) atoms. The molecule has 0 radical (unpaired) electrons. The zero-order chi connectivity index (χ0) is 14.4. The van der Waals surface area contributed by atoms with E-state index in [1.54, 1.807) is 12.1 Å². The number of amides is 1. The van der Waals surface area contributed by atoms with Crippen molar-refractivity contribution in [3.05, 3.63) is 59.6 Å². The van der Waals surface area contributed by atoms with E-state index < -0.39 is 5.91 Å². The van der Waals surface area contributed by atoms with Crippen LogP contribution in [0.4, 0.5) is 5.69 Å². The Labute approximate surface area is 117 Å². The van der Waals surface area contributed by atoms with Crippen molar-refractivity contribution >= 4 is 17.7 Å². The molecule has 0 atom stereocenters. The lowest BCUT2D eigenvalue weighted by Gasteiger charge is -2.04. The van der Waals surface area contributed by atoms with Gasteiger partial charge in [-0.05, 0) is 36.2 Å². The molecule has 0 saturated carbocycles. The molecule has 4 heteroatoms. The molecule has 1 N–H and O–H groups in total. The fourth-order valence-electron chi connectivity index (χ4n) is 1.69. The maximum absolute atomic E-state index is 12.0. The molecule has 0 aliphatic carbocycles. The van der Waals surface area contributed by atoms with Gasteiger partial charge < -0.3 is 9.73 Å². The van der Waals surface area contributed by atoms with E-state index in [1.807, 2.05) is 30.3 Å². The highest BCUT2D eigenvalue weighted by Gasteiger charge is 2.10. The predicted molar refractivity (Wildman–Crippen MR) is 76.7 cm³/mol. The molecule has 0 unspecified atom stereocenters. The first-order valence-electron chi connectivity index (χ1n) is 6.28. The molecule has 0 spiro atoms. The van der Waals surface area contributed by atoms with Gasteiger partial charge >= 0.3 is 0 Å². The first kappa shape index (κ1) is 13.6.